The Bertz CT molecular complexity index is 1360. The Balaban J connectivity index is 1.73. The van der Waals surface area contributed by atoms with Crippen LogP contribution in [-0.4, -0.2) is 20.7 Å². The molecule has 0 atom stereocenters. The topological polar surface area (TPSA) is 71.8 Å². The lowest BCUT2D eigenvalue weighted by Gasteiger charge is -2.15. The van der Waals surface area contributed by atoms with E-state index < -0.39 is 29.0 Å². The van der Waals surface area contributed by atoms with Gasteiger partial charge >= 0.3 is 6.18 Å². The maximum absolute atomic E-state index is 13.8. The second kappa shape index (κ2) is 8.97. The van der Waals surface area contributed by atoms with Gasteiger partial charge in [0.05, 0.1) is 17.4 Å². The summed E-state index contributed by atoms with van der Waals surface area (Å²) in [5, 5.41) is 9.81. The number of halogens is 4. The zero-order chi connectivity index (χ0) is 24.5. The van der Waals surface area contributed by atoms with Crippen LogP contribution < -0.4 is 10.6 Å². The average Bonchev–Trinajstić information content (AvgIpc) is 3.21. The third-order valence-electron chi connectivity index (χ3n) is 5.06. The van der Waals surface area contributed by atoms with Crippen LogP contribution in [0.15, 0.2) is 67.1 Å². The number of pyridine rings is 1. The fraction of sp³-hybridized carbons (Fsp3) is 0.125. The van der Waals surface area contributed by atoms with E-state index in [1.165, 1.54) is 0 Å². The van der Waals surface area contributed by atoms with Crippen molar-refractivity contribution in [1.82, 2.24) is 14.8 Å². The van der Waals surface area contributed by atoms with Crippen molar-refractivity contribution in [1.29, 1.82) is 0 Å². The number of hydrogen-bond acceptors (Lipinski definition) is 4. The third-order valence-corrected chi connectivity index (χ3v) is 5.06. The second-order valence-electron chi connectivity index (χ2n) is 7.64. The van der Waals surface area contributed by atoms with Crippen LogP contribution in [0.2, 0.25) is 0 Å². The number of hydrogen-bond donors (Lipinski definition) is 2. The first-order chi connectivity index (χ1) is 16.1. The van der Waals surface area contributed by atoms with E-state index in [4.69, 9.17) is 0 Å². The van der Waals surface area contributed by atoms with E-state index in [1.54, 1.807) is 36.4 Å². The van der Waals surface area contributed by atoms with E-state index in [0.29, 0.717) is 17.7 Å². The zero-order valence-corrected chi connectivity index (χ0v) is 18.1. The van der Waals surface area contributed by atoms with E-state index in [9.17, 15) is 22.4 Å². The van der Waals surface area contributed by atoms with E-state index in [2.05, 4.69) is 20.7 Å². The summed E-state index contributed by atoms with van der Waals surface area (Å²) >= 11 is 0. The molecule has 0 unspecified atom stereocenters. The molecular weight excluding hydrogens is 450 g/mol. The van der Waals surface area contributed by atoms with Gasteiger partial charge in [-0.05, 0) is 42.8 Å². The van der Waals surface area contributed by atoms with Gasteiger partial charge in [-0.2, -0.15) is 18.3 Å². The predicted octanol–water partition coefficient (Wildman–Crippen LogP) is 5.94. The first kappa shape index (κ1) is 23.0. The van der Waals surface area contributed by atoms with Crippen LogP contribution in [0.25, 0.3) is 11.1 Å². The molecule has 0 aliphatic heterocycles. The van der Waals surface area contributed by atoms with Gasteiger partial charge in [0.25, 0.3) is 5.91 Å². The van der Waals surface area contributed by atoms with E-state index in [0.717, 1.165) is 22.9 Å². The number of rotatable bonds is 5. The van der Waals surface area contributed by atoms with Crippen molar-refractivity contribution in [2.75, 3.05) is 10.6 Å². The molecule has 2 aromatic heterocycles. The largest absolute Gasteiger partial charge is 0.416 e. The first-order valence-electron chi connectivity index (χ1n) is 10.1. The van der Waals surface area contributed by atoms with Gasteiger partial charge < -0.3 is 10.6 Å². The van der Waals surface area contributed by atoms with Crippen molar-refractivity contribution in [2.45, 2.75) is 13.1 Å². The number of para-hydroxylation sites is 1. The maximum atomic E-state index is 13.8. The Hall–Kier alpha value is -4.21. The Morgan fingerprint density at radius 2 is 1.76 bits per heavy atom. The Morgan fingerprint density at radius 3 is 2.44 bits per heavy atom. The summed E-state index contributed by atoms with van der Waals surface area (Å²) in [5.41, 5.74) is 1.46. The number of anilines is 3. The van der Waals surface area contributed by atoms with Crippen LogP contribution in [0.4, 0.5) is 34.8 Å². The Labute approximate surface area is 192 Å². The second-order valence-corrected chi connectivity index (χ2v) is 7.64. The summed E-state index contributed by atoms with van der Waals surface area (Å²) < 4.78 is 54.7. The molecule has 2 N–H and O–H groups in total. The quantitative estimate of drug-likeness (QED) is 0.355. The number of nitrogens with one attached hydrogen (secondary N) is 2. The molecule has 0 aliphatic carbocycles. The lowest BCUT2D eigenvalue weighted by Crippen LogP contribution is -2.16. The average molecular weight is 469 g/mol. The molecule has 2 heterocycles. The van der Waals surface area contributed by atoms with Gasteiger partial charge in [-0.15, -0.1) is 0 Å². The third kappa shape index (κ3) is 5.06. The molecule has 0 fully saturated rings. The maximum Gasteiger partial charge on any atom is 0.416 e. The summed E-state index contributed by atoms with van der Waals surface area (Å²) in [5.74, 6) is -1.81. The van der Waals surface area contributed by atoms with Gasteiger partial charge in [-0.25, -0.2) is 9.37 Å². The summed E-state index contributed by atoms with van der Waals surface area (Å²) in [6.45, 7) is 1.88. The number of aryl methyl sites for hydroxylation is 2. The van der Waals surface area contributed by atoms with Crippen LogP contribution in [0.5, 0.6) is 0 Å². The molecule has 0 saturated carbocycles. The molecule has 10 heteroatoms. The van der Waals surface area contributed by atoms with Gasteiger partial charge in [-0.3, -0.25) is 9.48 Å². The smallest absolute Gasteiger partial charge is 0.338 e. The van der Waals surface area contributed by atoms with E-state index >= 15 is 0 Å². The summed E-state index contributed by atoms with van der Waals surface area (Å²) in [4.78, 5) is 17.3. The minimum atomic E-state index is -4.80. The van der Waals surface area contributed by atoms with Crippen molar-refractivity contribution in [2.24, 2.45) is 7.05 Å². The lowest BCUT2D eigenvalue weighted by atomic mass is 10.1. The predicted molar refractivity (Wildman–Crippen MR) is 120 cm³/mol. The van der Waals surface area contributed by atoms with Crippen LogP contribution in [0.3, 0.4) is 0 Å². The molecule has 174 valence electrons. The molecule has 2 aromatic carbocycles. The minimum Gasteiger partial charge on any atom is -0.338 e. The molecule has 0 saturated heterocycles. The molecule has 0 aliphatic rings. The normalized spacial score (nSPS) is 11.4. The summed E-state index contributed by atoms with van der Waals surface area (Å²) in [6, 6.07) is 10.7. The highest BCUT2D eigenvalue weighted by molar-refractivity contribution is 6.06. The molecular formula is C24H19F4N5O. The Kier molecular flexibility index (Phi) is 6.06. The molecule has 0 radical (unpaired) electrons. The van der Waals surface area contributed by atoms with Crippen molar-refractivity contribution >= 4 is 23.1 Å². The fourth-order valence-electron chi connectivity index (χ4n) is 3.31. The highest BCUT2D eigenvalue weighted by Gasteiger charge is 2.32. The molecule has 6 nitrogen and oxygen atoms in total. The van der Waals surface area contributed by atoms with Gasteiger partial charge in [0.15, 0.2) is 5.82 Å². The monoisotopic (exact) mass is 469 g/mol. The van der Waals surface area contributed by atoms with Crippen LogP contribution in [-0.2, 0) is 13.2 Å². The van der Waals surface area contributed by atoms with Crippen molar-refractivity contribution in [3.8, 4) is 11.1 Å². The van der Waals surface area contributed by atoms with Crippen LogP contribution in [0, 0.1) is 12.7 Å². The summed E-state index contributed by atoms with van der Waals surface area (Å²) in [6.07, 6.45) is 0.145. The molecule has 1 amide bonds. The van der Waals surface area contributed by atoms with Crippen molar-refractivity contribution in [3.63, 3.8) is 0 Å². The number of amides is 1. The molecule has 4 aromatic rings. The van der Waals surface area contributed by atoms with Crippen molar-refractivity contribution < 1.29 is 22.4 Å². The Morgan fingerprint density at radius 1 is 1.00 bits per heavy atom. The number of aromatic nitrogens is 3. The highest BCUT2D eigenvalue weighted by atomic mass is 19.4. The van der Waals surface area contributed by atoms with Gasteiger partial charge in [0, 0.05) is 41.8 Å². The van der Waals surface area contributed by atoms with Crippen LogP contribution in [0.1, 0.15) is 21.5 Å². The van der Waals surface area contributed by atoms with Gasteiger partial charge in [0.1, 0.15) is 5.82 Å². The summed E-state index contributed by atoms with van der Waals surface area (Å²) in [7, 11) is 1.75. The highest BCUT2D eigenvalue weighted by Crippen LogP contribution is 2.32. The number of carbonyl (C=O) groups is 1. The van der Waals surface area contributed by atoms with Crippen molar-refractivity contribution in [3.05, 3.63) is 89.6 Å². The number of benzene rings is 2. The minimum absolute atomic E-state index is 0.201. The van der Waals surface area contributed by atoms with Gasteiger partial charge in [0.2, 0.25) is 0 Å². The van der Waals surface area contributed by atoms with E-state index in [1.807, 2.05) is 31.2 Å². The van der Waals surface area contributed by atoms with Crippen LogP contribution >= 0.6 is 0 Å². The fourth-order valence-corrected chi connectivity index (χ4v) is 3.31. The zero-order valence-electron chi connectivity index (χ0n) is 18.1. The SMILES string of the molecule is Cc1ccccc1Nc1ncc(-c2cnn(C)c2)cc1NC(=O)c1cc(F)cc(C(F)(F)F)c1. The lowest BCUT2D eigenvalue weighted by molar-refractivity contribution is -0.137. The first-order valence-corrected chi connectivity index (χ1v) is 10.1. The van der Waals surface area contributed by atoms with Gasteiger partial charge in [-0.1, -0.05) is 18.2 Å². The molecule has 4 rings (SSSR count). The molecule has 34 heavy (non-hydrogen) atoms. The molecule has 0 bridgehead atoms. The number of nitrogens with zero attached hydrogens (tertiary/aromatic N) is 3. The number of alkyl halides is 3. The molecule has 0 spiro atoms. The van der Waals surface area contributed by atoms with E-state index in [-0.39, 0.29) is 11.5 Å². The number of carbonyl (C=O) groups excluding carboxylic acids is 1. The standard InChI is InChI=1S/C24H19F4N5O/c1-14-5-3-4-6-20(14)31-22-21(9-16(11-29-22)17-12-30-33(2)13-17)32-23(34)15-7-18(24(26,27)28)10-19(25)8-15/h3-13H,1-2H3,(H,29,31)(H,32,34).